The average Bonchev–Trinajstić information content (AvgIpc) is 2.85. The molecule has 0 bridgehead atoms. The van der Waals surface area contributed by atoms with E-state index in [0.29, 0.717) is 26.2 Å². The third-order valence-corrected chi connectivity index (χ3v) is 6.00. The molecule has 7 heteroatoms. The van der Waals surface area contributed by atoms with E-state index in [0.717, 1.165) is 6.26 Å². The summed E-state index contributed by atoms with van der Waals surface area (Å²) in [4.78, 5) is 13.0. The van der Waals surface area contributed by atoms with Crippen LogP contribution in [0.1, 0.15) is 15.2 Å². The third kappa shape index (κ3) is 3.05. The lowest BCUT2D eigenvalue weighted by molar-refractivity contribution is 0.103. The summed E-state index contributed by atoms with van der Waals surface area (Å²) in [6.07, 6.45) is 1.10. The van der Waals surface area contributed by atoms with Crippen molar-refractivity contribution in [2.45, 2.75) is 11.8 Å². The van der Waals surface area contributed by atoms with Crippen molar-refractivity contribution >= 4 is 42.9 Å². The van der Waals surface area contributed by atoms with Crippen molar-refractivity contribution in [1.82, 2.24) is 0 Å². The SMILES string of the molecule is Cc1c(C(=O)Nc2cccc(S(C)(=O)=O)c2)sc2cccc(F)c12. The van der Waals surface area contributed by atoms with Gasteiger partial charge in [0.15, 0.2) is 9.84 Å². The van der Waals surface area contributed by atoms with Crippen LogP contribution >= 0.6 is 11.3 Å². The molecule has 3 aromatic rings. The number of hydrogen-bond donors (Lipinski definition) is 1. The Hall–Kier alpha value is -2.25. The first kappa shape index (κ1) is 16.6. The first-order valence-corrected chi connectivity index (χ1v) is 9.77. The van der Waals surface area contributed by atoms with Crippen LogP contribution in [0, 0.1) is 12.7 Å². The Balaban J connectivity index is 1.97. The molecule has 124 valence electrons. The van der Waals surface area contributed by atoms with Crippen molar-refractivity contribution in [1.29, 1.82) is 0 Å². The van der Waals surface area contributed by atoms with Gasteiger partial charge < -0.3 is 5.32 Å². The van der Waals surface area contributed by atoms with Crippen molar-refractivity contribution in [3.63, 3.8) is 0 Å². The van der Waals surface area contributed by atoms with Crippen LogP contribution in [0.3, 0.4) is 0 Å². The number of hydrogen-bond acceptors (Lipinski definition) is 4. The van der Waals surface area contributed by atoms with Gasteiger partial charge in [-0.05, 0) is 42.8 Å². The van der Waals surface area contributed by atoms with Gasteiger partial charge in [0.2, 0.25) is 0 Å². The number of fused-ring (bicyclic) bond motifs is 1. The normalized spacial score (nSPS) is 11.6. The second-order valence-corrected chi connectivity index (χ2v) is 8.49. The van der Waals surface area contributed by atoms with E-state index >= 15 is 0 Å². The van der Waals surface area contributed by atoms with E-state index in [4.69, 9.17) is 0 Å². The van der Waals surface area contributed by atoms with Gasteiger partial charge in [-0.1, -0.05) is 12.1 Å². The first-order valence-electron chi connectivity index (χ1n) is 7.06. The fourth-order valence-electron chi connectivity index (χ4n) is 2.46. The number of rotatable bonds is 3. The molecule has 0 unspecified atom stereocenters. The summed E-state index contributed by atoms with van der Waals surface area (Å²) in [6.45, 7) is 1.70. The van der Waals surface area contributed by atoms with E-state index < -0.39 is 15.7 Å². The van der Waals surface area contributed by atoms with Gasteiger partial charge in [-0.2, -0.15) is 0 Å². The quantitative estimate of drug-likeness (QED) is 0.765. The molecule has 0 fully saturated rings. The number of thiophene rings is 1. The van der Waals surface area contributed by atoms with E-state index in [2.05, 4.69) is 5.32 Å². The summed E-state index contributed by atoms with van der Waals surface area (Å²) in [6, 6.07) is 10.8. The van der Waals surface area contributed by atoms with Gasteiger partial charge in [0.05, 0.1) is 9.77 Å². The molecule has 3 rings (SSSR count). The molecule has 2 aromatic carbocycles. The molecular formula is C17H14FNO3S2. The van der Waals surface area contributed by atoms with E-state index in [1.54, 1.807) is 31.2 Å². The number of carbonyl (C=O) groups is 1. The Labute approximate surface area is 142 Å². The molecule has 0 aliphatic carbocycles. The highest BCUT2D eigenvalue weighted by molar-refractivity contribution is 7.90. The second kappa shape index (κ2) is 5.99. The minimum atomic E-state index is -3.36. The molecular weight excluding hydrogens is 349 g/mol. The summed E-state index contributed by atoms with van der Waals surface area (Å²) in [5.74, 6) is -0.752. The van der Waals surface area contributed by atoms with Gasteiger partial charge in [-0.25, -0.2) is 12.8 Å². The molecule has 1 N–H and O–H groups in total. The monoisotopic (exact) mass is 363 g/mol. The number of nitrogens with one attached hydrogen (secondary N) is 1. The Morgan fingerprint density at radius 3 is 2.54 bits per heavy atom. The van der Waals surface area contributed by atoms with Gasteiger partial charge in [0.25, 0.3) is 5.91 Å². The Morgan fingerprint density at radius 1 is 1.17 bits per heavy atom. The molecule has 1 amide bonds. The van der Waals surface area contributed by atoms with Crippen molar-refractivity contribution in [2.75, 3.05) is 11.6 Å². The molecule has 4 nitrogen and oxygen atoms in total. The fourth-order valence-corrected chi connectivity index (χ4v) is 4.25. The molecule has 0 saturated heterocycles. The van der Waals surface area contributed by atoms with E-state index in [-0.39, 0.29) is 10.7 Å². The van der Waals surface area contributed by atoms with Crippen molar-refractivity contribution in [3.8, 4) is 0 Å². The highest BCUT2D eigenvalue weighted by Gasteiger charge is 2.18. The van der Waals surface area contributed by atoms with Gasteiger partial charge in [-0.3, -0.25) is 4.79 Å². The molecule has 24 heavy (non-hydrogen) atoms. The number of benzene rings is 2. The van der Waals surface area contributed by atoms with Crippen LogP contribution < -0.4 is 5.32 Å². The van der Waals surface area contributed by atoms with Crippen molar-refractivity contribution < 1.29 is 17.6 Å². The lowest BCUT2D eigenvalue weighted by Crippen LogP contribution is -2.12. The Kier molecular flexibility index (Phi) is 4.15. The summed E-state index contributed by atoms with van der Waals surface area (Å²) in [7, 11) is -3.36. The number of aryl methyl sites for hydroxylation is 1. The lowest BCUT2D eigenvalue weighted by atomic mass is 10.1. The van der Waals surface area contributed by atoms with Gasteiger partial charge in [0.1, 0.15) is 5.82 Å². The van der Waals surface area contributed by atoms with E-state index in [1.807, 2.05) is 0 Å². The van der Waals surface area contributed by atoms with Crippen LogP contribution in [-0.2, 0) is 9.84 Å². The summed E-state index contributed by atoms with van der Waals surface area (Å²) in [5, 5.41) is 3.12. The van der Waals surface area contributed by atoms with Gasteiger partial charge >= 0.3 is 0 Å². The van der Waals surface area contributed by atoms with Crippen LogP contribution in [0.2, 0.25) is 0 Å². The largest absolute Gasteiger partial charge is 0.321 e. The van der Waals surface area contributed by atoms with Crippen LogP contribution in [-0.4, -0.2) is 20.6 Å². The number of sulfone groups is 1. The first-order chi connectivity index (χ1) is 11.3. The molecule has 1 aromatic heterocycles. The maximum absolute atomic E-state index is 13.9. The van der Waals surface area contributed by atoms with Crippen LogP contribution in [0.25, 0.3) is 10.1 Å². The molecule has 0 radical (unpaired) electrons. The molecule has 0 saturated carbocycles. The molecule has 0 atom stereocenters. The average molecular weight is 363 g/mol. The van der Waals surface area contributed by atoms with E-state index in [9.17, 15) is 17.6 Å². The van der Waals surface area contributed by atoms with Crippen LogP contribution in [0.15, 0.2) is 47.4 Å². The minimum Gasteiger partial charge on any atom is -0.321 e. The second-order valence-electron chi connectivity index (χ2n) is 5.42. The minimum absolute atomic E-state index is 0.124. The zero-order valence-electron chi connectivity index (χ0n) is 13.0. The zero-order chi connectivity index (χ0) is 17.5. The third-order valence-electron chi connectivity index (χ3n) is 3.63. The smallest absolute Gasteiger partial charge is 0.266 e. The van der Waals surface area contributed by atoms with Gasteiger partial charge in [-0.15, -0.1) is 11.3 Å². The molecule has 0 spiro atoms. The van der Waals surface area contributed by atoms with E-state index in [1.165, 1.54) is 29.5 Å². The highest BCUT2D eigenvalue weighted by atomic mass is 32.2. The summed E-state index contributed by atoms with van der Waals surface area (Å²) >= 11 is 1.20. The maximum Gasteiger partial charge on any atom is 0.266 e. The molecule has 0 aliphatic rings. The highest BCUT2D eigenvalue weighted by Crippen LogP contribution is 2.33. The van der Waals surface area contributed by atoms with Crippen molar-refractivity contribution in [3.05, 3.63) is 58.7 Å². The lowest BCUT2D eigenvalue weighted by Gasteiger charge is -2.06. The molecule has 1 heterocycles. The topological polar surface area (TPSA) is 63.2 Å². The number of anilines is 1. The predicted octanol–water partition coefficient (Wildman–Crippen LogP) is 4.00. The Morgan fingerprint density at radius 2 is 1.88 bits per heavy atom. The number of amides is 1. The summed E-state index contributed by atoms with van der Waals surface area (Å²) in [5.41, 5.74) is 0.949. The van der Waals surface area contributed by atoms with Crippen LogP contribution in [0.5, 0.6) is 0 Å². The fraction of sp³-hybridized carbons (Fsp3) is 0.118. The van der Waals surface area contributed by atoms with Crippen LogP contribution in [0.4, 0.5) is 10.1 Å². The Bertz CT molecular complexity index is 1050. The summed E-state index contributed by atoms with van der Waals surface area (Å²) < 4.78 is 37.8. The number of halogens is 1. The predicted molar refractivity (Wildman–Crippen MR) is 94.0 cm³/mol. The molecule has 0 aliphatic heterocycles. The number of carbonyl (C=O) groups excluding carboxylic acids is 1. The maximum atomic E-state index is 13.9. The van der Waals surface area contributed by atoms with Gasteiger partial charge in [0, 0.05) is 22.0 Å². The zero-order valence-corrected chi connectivity index (χ0v) is 14.6. The standard InChI is InChI=1S/C17H14FNO3S2/c1-10-15-13(18)7-4-8-14(15)23-16(10)17(20)19-11-5-3-6-12(9-11)24(2,21)22/h3-9H,1-2H3,(H,19,20). The van der Waals surface area contributed by atoms with Crippen molar-refractivity contribution in [2.24, 2.45) is 0 Å².